The van der Waals surface area contributed by atoms with Gasteiger partial charge < -0.3 is 25.4 Å². The number of nitrogens with two attached hydrogens (primary N) is 1. The Morgan fingerprint density at radius 2 is 1.89 bits per heavy atom. The number of alkyl carbamates (subject to hydrolysis) is 1. The zero-order valence-electron chi connectivity index (χ0n) is 18.3. The number of oxime groups is 1. The largest absolute Gasteiger partial charge is 0.444 e. The number of hydrogen-bond acceptors (Lipinski definition) is 5. The van der Waals surface area contributed by atoms with E-state index in [4.69, 9.17) is 14.9 Å². The molecule has 8 heteroatoms. The summed E-state index contributed by atoms with van der Waals surface area (Å²) in [5.41, 5.74) is 4.89. The standard InChI is InChI=1S/C19H39N3O4Si/c1-17(2,3)26-16(23)21-13-19(15(20)22-24)10-9-14(11-19)12-25-27(7,8)18(4,5)6/h14,24H,9-13H2,1-8H3,(H2,20,22)(H,21,23). The van der Waals surface area contributed by atoms with Crippen molar-refractivity contribution in [2.24, 2.45) is 22.2 Å². The van der Waals surface area contributed by atoms with E-state index >= 15 is 0 Å². The van der Waals surface area contributed by atoms with E-state index in [2.05, 4.69) is 44.3 Å². The highest BCUT2D eigenvalue weighted by Gasteiger charge is 2.45. The molecule has 4 N–H and O–H groups in total. The first-order valence-corrected chi connectivity index (χ1v) is 12.6. The molecule has 7 nitrogen and oxygen atoms in total. The minimum absolute atomic E-state index is 0.159. The second kappa shape index (κ2) is 8.39. The highest BCUT2D eigenvalue weighted by atomic mass is 28.4. The molecule has 0 heterocycles. The normalized spacial score (nSPS) is 24.7. The van der Waals surface area contributed by atoms with E-state index in [1.807, 2.05) is 20.8 Å². The summed E-state index contributed by atoms with van der Waals surface area (Å²) in [6.45, 7) is 17.5. The lowest BCUT2D eigenvalue weighted by Gasteiger charge is -2.37. The van der Waals surface area contributed by atoms with Gasteiger partial charge in [0.1, 0.15) is 11.4 Å². The Bertz CT molecular complexity index is 552. The molecule has 2 unspecified atom stereocenters. The van der Waals surface area contributed by atoms with Crippen LogP contribution in [-0.4, -0.2) is 44.2 Å². The Balaban J connectivity index is 2.73. The molecule has 0 aromatic rings. The Morgan fingerprint density at radius 1 is 1.30 bits per heavy atom. The third-order valence-electron chi connectivity index (χ3n) is 5.82. The number of amides is 1. The summed E-state index contributed by atoms with van der Waals surface area (Å²) in [7, 11) is -1.82. The molecular weight excluding hydrogens is 362 g/mol. The van der Waals surface area contributed by atoms with Crippen LogP contribution in [0.25, 0.3) is 0 Å². The number of hydrogen-bond donors (Lipinski definition) is 3. The summed E-state index contributed by atoms with van der Waals surface area (Å²) < 4.78 is 11.7. The van der Waals surface area contributed by atoms with Gasteiger partial charge in [-0.2, -0.15) is 0 Å². The summed E-state index contributed by atoms with van der Waals surface area (Å²) in [4.78, 5) is 12.0. The van der Waals surface area contributed by atoms with Crippen LogP contribution in [0, 0.1) is 11.3 Å². The maximum Gasteiger partial charge on any atom is 0.407 e. The molecule has 0 aliphatic heterocycles. The number of nitrogens with zero attached hydrogens (tertiary/aromatic N) is 1. The number of carbonyl (C=O) groups is 1. The van der Waals surface area contributed by atoms with Crippen LogP contribution in [0.15, 0.2) is 5.16 Å². The van der Waals surface area contributed by atoms with E-state index in [1.54, 1.807) is 0 Å². The Hall–Kier alpha value is -1.28. The fraction of sp³-hybridized carbons (Fsp3) is 0.895. The van der Waals surface area contributed by atoms with Crippen molar-refractivity contribution in [1.29, 1.82) is 0 Å². The molecule has 0 aromatic carbocycles. The number of carbonyl (C=O) groups excluding carboxylic acids is 1. The first-order chi connectivity index (χ1) is 12.1. The van der Waals surface area contributed by atoms with Crippen molar-refractivity contribution in [3.63, 3.8) is 0 Å². The molecule has 1 saturated carbocycles. The highest BCUT2D eigenvalue weighted by Crippen LogP contribution is 2.43. The minimum atomic E-state index is -1.82. The number of ether oxygens (including phenoxy) is 1. The van der Waals surface area contributed by atoms with Crippen molar-refractivity contribution in [3.05, 3.63) is 0 Å². The van der Waals surface area contributed by atoms with Crippen LogP contribution in [0.5, 0.6) is 0 Å². The third-order valence-corrected chi connectivity index (χ3v) is 10.3. The molecule has 1 rings (SSSR count). The zero-order chi connectivity index (χ0) is 21.1. The van der Waals surface area contributed by atoms with E-state index in [1.165, 1.54) is 0 Å². The molecule has 27 heavy (non-hydrogen) atoms. The van der Waals surface area contributed by atoms with Gasteiger partial charge in [0, 0.05) is 18.6 Å². The summed E-state index contributed by atoms with van der Waals surface area (Å²) >= 11 is 0. The Morgan fingerprint density at radius 3 is 2.37 bits per heavy atom. The third kappa shape index (κ3) is 6.67. The lowest BCUT2D eigenvalue weighted by atomic mass is 9.84. The fourth-order valence-corrected chi connectivity index (χ4v) is 4.15. The Labute approximate surface area is 165 Å². The zero-order valence-corrected chi connectivity index (χ0v) is 19.3. The molecule has 1 amide bonds. The summed E-state index contributed by atoms with van der Waals surface area (Å²) in [5.74, 6) is 0.480. The maximum absolute atomic E-state index is 12.0. The van der Waals surface area contributed by atoms with Gasteiger partial charge in [0.15, 0.2) is 8.32 Å². The van der Waals surface area contributed by atoms with Crippen LogP contribution >= 0.6 is 0 Å². The van der Waals surface area contributed by atoms with Gasteiger partial charge in [-0.15, -0.1) is 0 Å². The summed E-state index contributed by atoms with van der Waals surface area (Å²) in [5, 5.41) is 15.5. The second-order valence-corrected chi connectivity index (χ2v) is 15.1. The smallest absolute Gasteiger partial charge is 0.407 e. The first kappa shape index (κ1) is 23.8. The quantitative estimate of drug-likeness (QED) is 0.204. The van der Waals surface area contributed by atoms with Crippen molar-refractivity contribution in [3.8, 4) is 0 Å². The Kier molecular flexibility index (Phi) is 7.38. The van der Waals surface area contributed by atoms with Crippen molar-refractivity contribution in [2.45, 2.75) is 84.5 Å². The van der Waals surface area contributed by atoms with Gasteiger partial charge in [-0.05, 0) is 64.1 Å². The molecule has 0 aromatic heterocycles. The van der Waals surface area contributed by atoms with Crippen LogP contribution in [0.3, 0.4) is 0 Å². The lowest BCUT2D eigenvalue weighted by Crippen LogP contribution is -2.46. The average Bonchev–Trinajstić information content (AvgIpc) is 2.92. The van der Waals surface area contributed by atoms with E-state index in [0.29, 0.717) is 18.9 Å². The van der Waals surface area contributed by atoms with E-state index in [0.717, 1.165) is 12.8 Å². The van der Waals surface area contributed by atoms with E-state index in [-0.39, 0.29) is 17.4 Å². The van der Waals surface area contributed by atoms with Gasteiger partial charge in [0.05, 0.1) is 0 Å². The van der Waals surface area contributed by atoms with Gasteiger partial charge in [-0.3, -0.25) is 0 Å². The number of amidine groups is 1. The van der Waals surface area contributed by atoms with Gasteiger partial charge in [0.25, 0.3) is 0 Å². The molecule has 0 radical (unpaired) electrons. The predicted molar refractivity (Wildman–Crippen MR) is 111 cm³/mol. The van der Waals surface area contributed by atoms with Crippen molar-refractivity contribution in [1.82, 2.24) is 5.32 Å². The van der Waals surface area contributed by atoms with Crippen LogP contribution in [0.2, 0.25) is 18.1 Å². The fourth-order valence-electron chi connectivity index (χ4n) is 3.07. The van der Waals surface area contributed by atoms with Gasteiger partial charge in [0.2, 0.25) is 0 Å². The number of rotatable bonds is 6. The summed E-state index contributed by atoms with van der Waals surface area (Å²) in [6, 6.07) is 0. The molecule has 2 atom stereocenters. The molecule has 0 spiro atoms. The van der Waals surface area contributed by atoms with Crippen LogP contribution in [-0.2, 0) is 9.16 Å². The van der Waals surface area contributed by atoms with Gasteiger partial charge in [-0.25, -0.2) is 4.79 Å². The van der Waals surface area contributed by atoms with E-state index in [9.17, 15) is 10.0 Å². The topological polar surface area (TPSA) is 106 Å². The van der Waals surface area contributed by atoms with Crippen molar-refractivity contribution in [2.75, 3.05) is 13.2 Å². The van der Waals surface area contributed by atoms with Crippen LogP contribution < -0.4 is 11.1 Å². The highest BCUT2D eigenvalue weighted by molar-refractivity contribution is 6.74. The molecule has 0 bridgehead atoms. The molecule has 0 saturated heterocycles. The molecule has 1 aliphatic carbocycles. The van der Waals surface area contributed by atoms with Gasteiger partial charge in [-0.1, -0.05) is 25.9 Å². The SMILES string of the molecule is CC(C)(C)OC(=O)NCC1(C(N)=NO)CCC(CO[Si](C)(C)C(C)(C)C)C1. The summed E-state index contributed by atoms with van der Waals surface area (Å²) in [6.07, 6.45) is 1.88. The maximum atomic E-state index is 12.0. The average molecular weight is 402 g/mol. The van der Waals surface area contributed by atoms with Crippen LogP contribution in [0.4, 0.5) is 4.79 Å². The first-order valence-electron chi connectivity index (χ1n) is 9.71. The van der Waals surface area contributed by atoms with Crippen molar-refractivity contribution < 1.29 is 19.2 Å². The monoisotopic (exact) mass is 401 g/mol. The molecule has 158 valence electrons. The van der Waals surface area contributed by atoms with Gasteiger partial charge >= 0.3 is 6.09 Å². The van der Waals surface area contributed by atoms with Crippen LogP contribution in [0.1, 0.15) is 60.8 Å². The molecule has 1 fully saturated rings. The molecule has 1 aliphatic rings. The molecular formula is C19H39N3O4Si. The predicted octanol–water partition coefficient (Wildman–Crippen LogP) is 4.07. The minimum Gasteiger partial charge on any atom is -0.444 e. The second-order valence-electron chi connectivity index (χ2n) is 10.3. The van der Waals surface area contributed by atoms with E-state index < -0.39 is 25.4 Å². The number of nitrogens with one attached hydrogen (secondary N) is 1. The lowest BCUT2D eigenvalue weighted by molar-refractivity contribution is 0.0511. The van der Waals surface area contributed by atoms with Crippen molar-refractivity contribution >= 4 is 20.2 Å².